The van der Waals surface area contributed by atoms with E-state index in [2.05, 4.69) is 5.32 Å². The lowest BCUT2D eigenvalue weighted by Crippen LogP contribution is -2.33. The maximum atomic E-state index is 13.7. The van der Waals surface area contributed by atoms with E-state index in [1.165, 1.54) is 11.5 Å². The van der Waals surface area contributed by atoms with Gasteiger partial charge in [0, 0.05) is 23.2 Å². The second-order valence-electron chi connectivity index (χ2n) is 9.53. The molecule has 0 atom stereocenters. The molecule has 0 radical (unpaired) electrons. The number of ether oxygens (including phenoxy) is 1. The van der Waals surface area contributed by atoms with Crippen LogP contribution in [0.3, 0.4) is 0 Å². The Morgan fingerprint density at radius 1 is 1.08 bits per heavy atom. The number of ketones is 1. The number of benzene rings is 2. The third-order valence-electron chi connectivity index (χ3n) is 6.13. The minimum Gasteiger partial charge on any atom is -0.370 e. The molecule has 0 spiro atoms. The number of Topliss-reactive ketones (excluding diaryl/α,β-unsaturated/α-hetero) is 1. The van der Waals surface area contributed by atoms with Gasteiger partial charge < -0.3 is 10.1 Å². The normalized spacial score (nSPS) is 14.2. The molecule has 0 aliphatic carbocycles. The van der Waals surface area contributed by atoms with Crippen molar-refractivity contribution in [1.82, 2.24) is 14.5 Å². The van der Waals surface area contributed by atoms with Crippen molar-refractivity contribution in [3.63, 3.8) is 0 Å². The Labute approximate surface area is 218 Å². The zero-order chi connectivity index (χ0) is 26.2. The number of hydrogen-bond acceptors (Lipinski definition) is 7. The average Bonchev–Trinajstić information content (AvgIpc) is 2.87. The third-order valence-corrected chi connectivity index (χ3v) is 7.07. The van der Waals surface area contributed by atoms with Crippen LogP contribution in [0, 0.1) is 0 Å². The first kappa shape index (κ1) is 24.9. The highest BCUT2D eigenvalue weighted by molar-refractivity contribution is 7.99. The molecule has 8 nitrogen and oxygen atoms in total. The van der Waals surface area contributed by atoms with Gasteiger partial charge >= 0.3 is 0 Å². The molecule has 2 aromatic carbocycles. The molecule has 1 aliphatic rings. The van der Waals surface area contributed by atoms with Crippen LogP contribution < -0.4 is 10.9 Å². The molecule has 0 unspecified atom stereocenters. The van der Waals surface area contributed by atoms with E-state index in [-0.39, 0.29) is 28.6 Å². The second-order valence-corrected chi connectivity index (χ2v) is 10.5. The fraction of sp³-hybridized carbons (Fsp3) is 0.250. The van der Waals surface area contributed by atoms with Gasteiger partial charge in [-0.1, -0.05) is 30.0 Å². The molecule has 37 heavy (non-hydrogen) atoms. The van der Waals surface area contributed by atoms with Crippen molar-refractivity contribution in [3.8, 4) is 5.69 Å². The molecule has 9 heteroatoms. The van der Waals surface area contributed by atoms with Gasteiger partial charge in [-0.3, -0.25) is 19.0 Å². The Kier molecular flexibility index (Phi) is 6.66. The van der Waals surface area contributed by atoms with Gasteiger partial charge in [0.1, 0.15) is 0 Å². The smallest absolute Gasteiger partial charge is 0.268 e. The molecule has 1 amide bonds. The lowest BCUT2D eigenvalue weighted by molar-refractivity contribution is -0.113. The summed E-state index contributed by atoms with van der Waals surface area (Å²) in [5.41, 5.74) is 3.34. The quantitative estimate of drug-likeness (QED) is 0.228. The molecule has 2 aromatic heterocycles. The molecule has 0 fully saturated rings. The Morgan fingerprint density at radius 2 is 1.81 bits per heavy atom. The highest BCUT2D eigenvalue weighted by Gasteiger charge is 2.28. The summed E-state index contributed by atoms with van der Waals surface area (Å²) >= 11 is 1.16. The summed E-state index contributed by atoms with van der Waals surface area (Å²) in [5, 5.41) is 3.61. The van der Waals surface area contributed by atoms with E-state index in [9.17, 15) is 14.4 Å². The van der Waals surface area contributed by atoms with E-state index in [1.54, 1.807) is 24.3 Å². The van der Waals surface area contributed by atoms with Crippen molar-refractivity contribution in [3.05, 3.63) is 87.8 Å². The van der Waals surface area contributed by atoms with E-state index in [0.29, 0.717) is 46.2 Å². The highest BCUT2D eigenvalue weighted by atomic mass is 32.2. The Hall–Kier alpha value is -3.82. The first-order valence-electron chi connectivity index (χ1n) is 11.9. The minimum absolute atomic E-state index is 0.0328. The molecule has 1 N–H and O–H groups in total. The Morgan fingerprint density at radius 3 is 2.51 bits per heavy atom. The highest BCUT2D eigenvalue weighted by Crippen LogP contribution is 2.29. The fourth-order valence-corrected chi connectivity index (χ4v) is 5.00. The number of nitrogens with zero attached hydrogens (tertiary/aromatic N) is 3. The zero-order valence-electron chi connectivity index (χ0n) is 20.8. The van der Waals surface area contributed by atoms with Crippen molar-refractivity contribution in [2.45, 2.75) is 44.6 Å². The lowest BCUT2D eigenvalue weighted by Gasteiger charge is -2.31. The minimum atomic E-state index is -0.342. The first-order valence-corrected chi connectivity index (χ1v) is 12.9. The summed E-state index contributed by atoms with van der Waals surface area (Å²) in [6.07, 6.45) is 0.620. The maximum Gasteiger partial charge on any atom is 0.268 e. The lowest BCUT2D eigenvalue weighted by atomic mass is 9.95. The van der Waals surface area contributed by atoms with Crippen molar-refractivity contribution in [2.24, 2.45) is 0 Å². The van der Waals surface area contributed by atoms with Gasteiger partial charge in [-0.15, -0.1) is 0 Å². The van der Waals surface area contributed by atoms with Crippen molar-refractivity contribution < 1.29 is 14.3 Å². The van der Waals surface area contributed by atoms with Crippen LogP contribution in [-0.2, 0) is 22.6 Å². The number of carbonyl (C=O) groups is 2. The van der Waals surface area contributed by atoms with Gasteiger partial charge in [-0.2, -0.15) is 0 Å². The van der Waals surface area contributed by atoms with E-state index in [1.807, 2.05) is 50.2 Å². The number of thioether (sulfide) groups is 1. The van der Waals surface area contributed by atoms with Gasteiger partial charge in [0.2, 0.25) is 5.91 Å². The second kappa shape index (κ2) is 9.91. The van der Waals surface area contributed by atoms with E-state index in [0.717, 1.165) is 23.0 Å². The summed E-state index contributed by atoms with van der Waals surface area (Å²) in [6, 6.07) is 17.8. The molecular weight excluding hydrogens is 488 g/mol. The molecule has 0 saturated heterocycles. The van der Waals surface area contributed by atoms with Gasteiger partial charge in [-0.05, 0) is 63.2 Å². The van der Waals surface area contributed by atoms with Gasteiger partial charge in [0.15, 0.2) is 16.6 Å². The molecule has 5 rings (SSSR count). The zero-order valence-corrected chi connectivity index (χ0v) is 21.6. The summed E-state index contributed by atoms with van der Waals surface area (Å²) < 4.78 is 7.43. The molecule has 3 heterocycles. The predicted molar refractivity (Wildman–Crippen MR) is 144 cm³/mol. The molecule has 0 saturated carbocycles. The maximum absolute atomic E-state index is 13.7. The number of amides is 1. The van der Waals surface area contributed by atoms with E-state index >= 15 is 0 Å². The van der Waals surface area contributed by atoms with Crippen LogP contribution in [0.1, 0.15) is 42.4 Å². The number of carbonyl (C=O) groups excluding carboxylic acids is 2. The van der Waals surface area contributed by atoms with Crippen LogP contribution in [0.5, 0.6) is 0 Å². The van der Waals surface area contributed by atoms with Gasteiger partial charge in [-0.25, -0.2) is 9.97 Å². The number of anilines is 1. The summed E-state index contributed by atoms with van der Waals surface area (Å²) in [5.74, 6) is -0.266. The Bertz CT molecular complexity index is 1560. The molecular formula is C28H26N4O4S. The molecule has 188 valence electrons. The van der Waals surface area contributed by atoms with Crippen molar-refractivity contribution in [2.75, 3.05) is 11.1 Å². The van der Waals surface area contributed by atoms with Crippen molar-refractivity contribution in [1.29, 1.82) is 0 Å². The topological polar surface area (TPSA) is 103 Å². The van der Waals surface area contributed by atoms with Crippen LogP contribution in [0.25, 0.3) is 16.7 Å². The van der Waals surface area contributed by atoms with Crippen molar-refractivity contribution >= 4 is 40.2 Å². The van der Waals surface area contributed by atoms with Crippen LogP contribution in [0.2, 0.25) is 0 Å². The van der Waals surface area contributed by atoms with Crippen LogP contribution in [0.4, 0.5) is 5.69 Å². The molecule has 4 aromatic rings. The summed E-state index contributed by atoms with van der Waals surface area (Å²) in [7, 11) is 0. The number of fused-ring (bicyclic) bond motifs is 2. The third kappa shape index (κ3) is 5.33. The fourth-order valence-electron chi connectivity index (χ4n) is 4.19. The largest absolute Gasteiger partial charge is 0.370 e. The number of nitrogens with one attached hydrogen (secondary N) is 1. The number of pyridine rings is 1. The molecule has 0 bridgehead atoms. The monoisotopic (exact) mass is 514 g/mol. The molecule has 1 aliphatic heterocycles. The van der Waals surface area contributed by atoms with Gasteiger partial charge in [0.05, 0.1) is 34.7 Å². The number of aromatic nitrogens is 3. The summed E-state index contributed by atoms with van der Waals surface area (Å²) in [6.45, 7) is 5.90. The summed E-state index contributed by atoms with van der Waals surface area (Å²) in [4.78, 5) is 47.4. The SMILES string of the molecule is CC(=O)c1ccc(NC(=O)CSc2nc3nc4c(cc3c(=O)n2-c2ccccc2)COC(C)(C)C4)cc1. The van der Waals surface area contributed by atoms with E-state index in [4.69, 9.17) is 14.7 Å². The number of hydrogen-bond donors (Lipinski definition) is 1. The van der Waals surface area contributed by atoms with Crippen LogP contribution >= 0.6 is 11.8 Å². The van der Waals surface area contributed by atoms with Crippen LogP contribution in [-0.4, -0.2) is 37.6 Å². The number of rotatable bonds is 6. The Balaban J connectivity index is 1.48. The van der Waals surface area contributed by atoms with Gasteiger partial charge in [0.25, 0.3) is 5.56 Å². The van der Waals surface area contributed by atoms with E-state index < -0.39 is 0 Å². The predicted octanol–water partition coefficient (Wildman–Crippen LogP) is 4.57. The van der Waals surface area contributed by atoms with Crippen LogP contribution in [0.15, 0.2) is 70.6 Å². The first-order chi connectivity index (χ1) is 17.7. The average molecular weight is 515 g/mol. The number of para-hydroxylation sites is 1. The standard InChI is InChI=1S/C28H26N4O4S/c1-17(33)18-9-11-20(12-10-18)29-24(34)16-37-27-31-25-22(26(35)32(27)21-7-5-4-6-8-21)13-19-15-36-28(2,3)14-23(19)30-25/h4-13H,14-16H2,1-3H3,(H,29,34).